The van der Waals surface area contributed by atoms with Crippen molar-refractivity contribution in [2.45, 2.75) is 38.3 Å². The molecule has 6 heteroatoms. The van der Waals surface area contributed by atoms with Gasteiger partial charge >= 0.3 is 5.97 Å². The Hall–Kier alpha value is -0.690. The maximum Gasteiger partial charge on any atom is 0.323 e. The van der Waals surface area contributed by atoms with Crippen molar-refractivity contribution in [3.8, 4) is 0 Å². The van der Waals surface area contributed by atoms with Crippen LogP contribution in [-0.2, 0) is 19.0 Å². The molecule has 0 aromatic heterocycles. The molecule has 19 heavy (non-hydrogen) atoms. The molecule has 0 aromatic carbocycles. The van der Waals surface area contributed by atoms with Crippen molar-refractivity contribution in [2.24, 2.45) is 0 Å². The molecule has 0 saturated carbocycles. The van der Waals surface area contributed by atoms with E-state index in [0.717, 1.165) is 6.42 Å². The second kappa shape index (κ2) is 10.1. The van der Waals surface area contributed by atoms with Crippen molar-refractivity contribution < 1.29 is 24.1 Å². The number of hydrogen-bond donors (Lipinski definition) is 2. The summed E-state index contributed by atoms with van der Waals surface area (Å²) in [6, 6.07) is 0. The quantitative estimate of drug-likeness (QED) is 0.516. The number of methoxy groups -OCH3 is 1. The summed E-state index contributed by atoms with van der Waals surface area (Å²) in [5.74, 6) is -0.867. The fraction of sp³-hybridized carbons (Fsp3) is 0.923. The van der Waals surface area contributed by atoms with E-state index < -0.39 is 11.5 Å². The Morgan fingerprint density at radius 2 is 2.00 bits per heavy atom. The van der Waals surface area contributed by atoms with Crippen LogP contribution >= 0.6 is 0 Å². The second-order valence-electron chi connectivity index (χ2n) is 4.73. The topological polar surface area (TPSA) is 77.0 Å². The number of nitrogens with one attached hydrogen (secondary N) is 1. The smallest absolute Gasteiger partial charge is 0.323 e. The van der Waals surface area contributed by atoms with Gasteiger partial charge in [0.15, 0.2) is 0 Å². The van der Waals surface area contributed by atoms with Crippen molar-refractivity contribution in [3.63, 3.8) is 0 Å². The van der Waals surface area contributed by atoms with Gasteiger partial charge in [-0.05, 0) is 27.3 Å². The zero-order valence-electron chi connectivity index (χ0n) is 12.4. The van der Waals surface area contributed by atoms with Gasteiger partial charge < -0.3 is 24.6 Å². The SMILES string of the molecule is CNC(C)(CC(C)OCCCOCCOC)C(=O)O. The van der Waals surface area contributed by atoms with Crippen LogP contribution in [0.3, 0.4) is 0 Å². The molecule has 2 unspecified atom stereocenters. The highest BCUT2D eigenvalue weighted by molar-refractivity contribution is 5.78. The van der Waals surface area contributed by atoms with Crippen LogP contribution in [0.15, 0.2) is 0 Å². The predicted molar refractivity (Wildman–Crippen MR) is 72.4 cm³/mol. The van der Waals surface area contributed by atoms with Gasteiger partial charge in [0.2, 0.25) is 0 Å². The van der Waals surface area contributed by atoms with E-state index in [1.807, 2.05) is 6.92 Å². The summed E-state index contributed by atoms with van der Waals surface area (Å²) in [5, 5.41) is 11.9. The van der Waals surface area contributed by atoms with Crippen LogP contribution in [0.4, 0.5) is 0 Å². The third-order valence-corrected chi connectivity index (χ3v) is 2.99. The lowest BCUT2D eigenvalue weighted by Crippen LogP contribution is -2.49. The third-order valence-electron chi connectivity index (χ3n) is 2.99. The lowest BCUT2D eigenvalue weighted by Gasteiger charge is -2.27. The van der Waals surface area contributed by atoms with Gasteiger partial charge in [-0.1, -0.05) is 0 Å². The minimum absolute atomic E-state index is 0.118. The largest absolute Gasteiger partial charge is 0.480 e. The van der Waals surface area contributed by atoms with Crippen LogP contribution in [0.2, 0.25) is 0 Å². The fourth-order valence-electron chi connectivity index (χ4n) is 1.62. The molecule has 0 aliphatic rings. The number of aliphatic carboxylic acids is 1. The summed E-state index contributed by atoms with van der Waals surface area (Å²) >= 11 is 0. The summed E-state index contributed by atoms with van der Waals surface area (Å²) in [4.78, 5) is 11.1. The number of likely N-dealkylation sites (N-methyl/N-ethyl adjacent to an activating group) is 1. The Morgan fingerprint density at radius 3 is 2.53 bits per heavy atom. The van der Waals surface area contributed by atoms with E-state index in [1.165, 1.54) is 0 Å². The first kappa shape index (κ1) is 18.3. The number of hydrogen-bond acceptors (Lipinski definition) is 5. The predicted octanol–water partition coefficient (Wildman–Crippen LogP) is 0.897. The van der Waals surface area contributed by atoms with E-state index in [1.54, 1.807) is 21.1 Å². The first-order chi connectivity index (χ1) is 8.96. The molecule has 0 radical (unpaired) electrons. The van der Waals surface area contributed by atoms with E-state index in [2.05, 4.69) is 5.32 Å². The second-order valence-corrected chi connectivity index (χ2v) is 4.73. The maximum absolute atomic E-state index is 11.1. The molecule has 2 atom stereocenters. The molecular weight excluding hydrogens is 250 g/mol. The average Bonchev–Trinajstić information content (AvgIpc) is 2.37. The molecule has 0 aliphatic heterocycles. The van der Waals surface area contributed by atoms with Gasteiger partial charge in [0.25, 0.3) is 0 Å². The lowest BCUT2D eigenvalue weighted by atomic mass is 9.95. The number of rotatable bonds is 12. The van der Waals surface area contributed by atoms with Crippen LogP contribution < -0.4 is 5.32 Å². The monoisotopic (exact) mass is 277 g/mol. The van der Waals surface area contributed by atoms with Gasteiger partial charge in [0, 0.05) is 26.7 Å². The summed E-state index contributed by atoms with van der Waals surface area (Å²) in [5.41, 5.74) is -0.950. The first-order valence-electron chi connectivity index (χ1n) is 6.57. The number of carboxylic acid groups (broad SMARTS) is 1. The van der Waals surface area contributed by atoms with Gasteiger partial charge in [-0.15, -0.1) is 0 Å². The molecule has 2 N–H and O–H groups in total. The Kier molecular flexibility index (Phi) is 9.77. The summed E-state index contributed by atoms with van der Waals surface area (Å²) in [6.45, 7) is 5.90. The van der Waals surface area contributed by atoms with Gasteiger partial charge in [-0.25, -0.2) is 0 Å². The van der Waals surface area contributed by atoms with Gasteiger partial charge in [0.1, 0.15) is 5.54 Å². The van der Waals surface area contributed by atoms with E-state index in [9.17, 15) is 4.79 Å². The van der Waals surface area contributed by atoms with Crippen LogP contribution in [-0.4, -0.2) is 63.3 Å². The van der Waals surface area contributed by atoms with E-state index in [0.29, 0.717) is 32.8 Å². The molecule has 0 saturated heterocycles. The zero-order valence-corrected chi connectivity index (χ0v) is 12.4. The Balaban J connectivity index is 3.69. The van der Waals surface area contributed by atoms with Crippen LogP contribution in [0, 0.1) is 0 Å². The summed E-state index contributed by atoms with van der Waals surface area (Å²) < 4.78 is 15.7. The number of carbonyl (C=O) groups is 1. The van der Waals surface area contributed by atoms with Crippen LogP contribution in [0.5, 0.6) is 0 Å². The summed E-state index contributed by atoms with van der Waals surface area (Å²) in [7, 11) is 3.28. The van der Waals surface area contributed by atoms with Gasteiger partial charge in [-0.2, -0.15) is 0 Å². The van der Waals surface area contributed by atoms with Gasteiger partial charge in [0.05, 0.1) is 19.3 Å². The van der Waals surface area contributed by atoms with Crippen molar-refractivity contribution >= 4 is 5.97 Å². The zero-order chi connectivity index (χ0) is 14.7. The van der Waals surface area contributed by atoms with E-state index in [4.69, 9.17) is 19.3 Å². The highest BCUT2D eigenvalue weighted by Gasteiger charge is 2.33. The van der Waals surface area contributed by atoms with E-state index >= 15 is 0 Å². The highest BCUT2D eigenvalue weighted by Crippen LogP contribution is 2.14. The highest BCUT2D eigenvalue weighted by atomic mass is 16.5. The molecule has 0 heterocycles. The molecule has 6 nitrogen and oxygen atoms in total. The normalized spacial score (nSPS) is 16.0. The fourth-order valence-corrected chi connectivity index (χ4v) is 1.62. The van der Waals surface area contributed by atoms with E-state index in [-0.39, 0.29) is 6.10 Å². The molecule has 0 rings (SSSR count). The number of carboxylic acids is 1. The standard InChI is InChI=1S/C13H27NO5/c1-11(10-13(2,14-3)12(15)16)19-7-5-6-18-9-8-17-4/h11,14H,5-10H2,1-4H3,(H,15,16). The van der Waals surface area contributed by atoms with Crippen molar-refractivity contribution in [3.05, 3.63) is 0 Å². The molecule has 0 bridgehead atoms. The molecule has 114 valence electrons. The molecule has 0 spiro atoms. The van der Waals surface area contributed by atoms with Crippen LogP contribution in [0.1, 0.15) is 26.7 Å². The van der Waals surface area contributed by atoms with Gasteiger partial charge in [-0.3, -0.25) is 4.79 Å². The Morgan fingerprint density at radius 1 is 1.32 bits per heavy atom. The van der Waals surface area contributed by atoms with Crippen molar-refractivity contribution in [2.75, 3.05) is 40.6 Å². The Labute approximate surface area is 115 Å². The van der Waals surface area contributed by atoms with Crippen LogP contribution in [0.25, 0.3) is 0 Å². The first-order valence-corrected chi connectivity index (χ1v) is 6.57. The molecular formula is C13H27NO5. The summed E-state index contributed by atoms with van der Waals surface area (Å²) in [6.07, 6.45) is 1.09. The molecule has 0 fully saturated rings. The maximum atomic E-state index is 11.1. The average molecular weight is 277 g/mol. The number of ether oxygens (including phenoxy) is 3. The molecule has 0 aliphatic carbocycles. The lowest BCUT2D eigenvalue weighted by molar-refractivity contribution is -0.145. The molecule has 0 aromatic rings. The third kappa shape index (κ3) is 8.15. The van der Waals surface area contributed by atoms with Crippen molar-refractivity contribution in [1.82, 2.24) is 5.32 Å². The Bertz CT molecular complexity index is 249. The minimum atomic E-state index is -0.950. The minimum Gasteiger partial charge on any atom is -0.480 e. The molecule has 0 amide bonds. The van der Waals surface area contributed by atoms with Crippen molar-refractivity contribution in [1.29, 1.82) is 0 Å².